The number of hydrogen-bond donors (Lipinski definition) is 1. The number of nitrogens with zero attached hydrogens (tertiary/aromatic N) is 3. The van der Waals surface area contributed by atoms with Gasteiger partial charge in [0.15, 0.2) is 5.69 Å². The van der Waals surface area contributed by atoms with Crippen molar-refractivity contribution in [2.45, 2.75) is 32.4 Å². The fourth-order valence-electron chi connectivity index (χ4n) is 1.67. The molecule has 1 aromatic rings. The van der Waals surface area contributed by atoms with Crippen LogP contribution in [0.15, 0.2) is 0 Å². The van der Waals surface area contributed by atoms with E-state index in [4.69, 9.17) is 9.84 Å². The van der Waals surface area contributed by atoms with Crippen molar-refractivity contribution in [1.82, 2.24) is 15.0 Å². The highest BCUT2D eigenvalue weighted by atomic mass is 16.5. The lowest BCUT2D eigenvalue weighted by Crippen LogP contribution is -2.10. The second kappa shape index (κ2) is 4.61. The van der Waals surface area contributed by atoms with E-state index in [9.17, 15) is 4.79 Å². The van der Waals surface area contributed by atoms with Crippen molar-refractivity contribution in [1.29, 1.82) is 0 Å². The van der Waals surface area contributed by atoms with Gasteiger partial charge in [0.2, 0.25) is 0 Å². The highest BCUT2D eigenvalue weighted by molar-refractivity contribution is 5.86. The summed E-state index contributed by atoms with van der Waals surface area (Å²) in [5.74, 6) is -0.266. The first kappa shape index (κ1) is 11.1. The Kier molecular flexibility index (Phi) is 3.19. The summed E-state index contributed by atoms with van der Waals surface area (Å²) in [7, 11) is 1.53. The number of carboxylic acid groups (broad SMARTS) is 1. The Morgan fingerprint density at radius 2 is 2.38 bits per heavy atom. The molecule has 6 nitrogen and oxygen atoms in total. The second-order valence-corrected chi connectivity index (χ2v) is 4.08. The summed E-state index contributed by atoms with van der Waals surface area (Å²) in [6, 6.07) is 0. The molecule has 0 unspecified atom stereocenters. The fraction of sp³-hybridized carbons (Fsp3) is 0.700. The summed E-state index contributed by atoms with van der Waals surface area (Å²) in [5.41, 5.74) is 0.549. The lowest BCUT2D eigenvalue weighted by Gasteiger charge is -2.05. The molecule has 0 amide bonds. The third-order valence-electron chi connectivity index (χ3n) is 2.77. The van der Waals surface area contributed by atoms with Gasteiger partial charge in [-0.1, -0.05) is 18.1 Å². The molecule has 2 rings (SSSR count). The number of carboxylic acids is 1. The zero-order valence-corrected chi connectivity index (χ0v) is 9.22. The van der Waals surface area contributed by atoms with Gasteiger partial charge in [-0.25, -0.2) is 9.48 Å². The van der Waals surface area contributed by atoms with Crippen molar-refractivity contribution in [2.75, 3.05) is 7.11 Å². The van der Waals surface area contributed by atoms with Crippen LogP contribution in [0, 0.1) is 5.92 Å². The van der Waals surface area contributed by atoms with Crippen LogP contribution in [-0.2, 0) is 17.9 Å². The van der Waals surface area contributed by atoms with Crippen molar-refractivity contribution in [2.24, 2.45) is 5.92 Å². The van der Waals surface area contributed by atoms with Gasteiger partial charge in [0.05, 0.1) is 12.3 Å². The van der Waals surface area contributed by atoms with Crippen molar-refractivity contribution in [3.8, 4) is 0 Å². The summed E-state index contributed by atoms with van der Waals surface area (Å²) >= 11 is 0. The van der Waals surface area contributed by atoms with Gasteiger partial charge in [0, 0.05) is 13.7 Å². The topological polar surface area (TPSA) is 77.2 Å². The van der Waals surface area contributed by atoms with E-state index in [0.717, 1.165) is 18.9 Å². The number of methoxy groups -OCH3 is 1. The summed E-state index contributed by atoms with van der Waals surface area (Å²) < 4.78 is 6.62. The Bertz CT molecular complexity index is 385. The molecule has 0 radical (unpaired) electrons. The standard InChI is InChI=1S/C10H15N3O3/c1-16-6-8-9(10(14)15)11-12-13(8)5-4-7-2-3-7/h7H,2-6H2,1H3,(H,14,15). The van der Waals surface area contributed by atoms with Gasteiger partial charge in [-0.3, -0.25) is 0 Å². The maximum Gasteiger partial charge on any atom is 0.358 e. The van der Waals surface area contributed by atoms with Crippen molar-refractivity contribution < 1.29 is 14.6 Å². The fourth-order valence-corrected chi connectivity index (χ4v) is 1.67. The average Bonchev–Trinajstić information content (AvgIpc) is 2.98. The Hall–Kier alpha value is -1.43. The van der Waals surface area contributed by atoms with Crippen molar-refractivity contribution in [3.63, 3.8) is 0 Å². The summed E-state index contributed by atoms with van der Waals surface area (Å²) in [6.07, 6.45) is 3.60. The Balaban J connectivity index is 2.11. The molecule has 6 heteroatoms. The van der Waals surface area contributed by atoms with Gasteiger partial charge >= 0.3 is 5.97 Å². The molecule has 0 atom stereocenters. The van der Waals surface area contributed by atoms with Gasteiger partial charge < -0.3 is 9.84 Å². The van der Waals surface area contributed by atoms with Crippen LogP contribution in [0.1, 0.15) is 35.4 Å². The molecule has 1 aliphatic carbocycles. The number of rotatable bonds is 6. The first-order chi connectivity index (χ1) is 7.72. The second-order valence-electron chi connectivity index (χ2n) is 4.08. The number of hydrogen-bond acceptors (Lipinski definition) is 4. The minimum Gasteiger partial charge on any atom is -0.476 e. The van der Waals surface area contributed by atoms with Crippen LogP contribution >= 0.6 is 0 Å². The van der Waals surface area contributed by atoms with E-state index in [1.807, 2.05) is 0 Å². The lowest BCUT2D eigenvalue weighted by atomic mass is 10.3. The third-order valence-corrected chi connectivity index (χ3v) is 2.77. The normalized spacial score (nSPS) is 15.3. The molecule has 1 saturated carbocycles. The SMILES string of the molecule is COCc1c(C(=O)O)nnn1CCC1CC1. The van der Waals surface area contributed by atoms with Crippen LogP contribution in [0.25, 0.3) is 0 Å². The highest BCUT2D eigenvalue weighted by Crippen LogP contribution is 2.32. The highest BCUT2D eigenvalue weighted by Gasteiger charge is 2.23. The predicted octanol–water partition coefficient (Wildman–Crippen LogP) is 0.923. The molecule has 0 aliphatic heterocycles. The molecule has 0 aromatic carbocycles. The van der Waals surface area contributed by atoms with Crippen LogP contribution < -0.4 is 0 Å². The molecule has 1 aromatic heterocycles. The molecule has 0 bridgehead atoms. The van der Waals surface area contributed by atoms with Crippen LogP contribution in [-0.4, -0.2) is 33.2 Å². The van der Waals surface area contributed by atoms with E-state index in [2.05, 4.69) is 10.3 Å². The lowest BCUT2D eigenvalue weighted by molar-refractivity contribution is 0.0684. The van der Waals surface area contributed by atoms with E-state index in [1.165, 1.54) is 20.0 Å². The number of ether oxygens (including phenoxy) is 1. The summed E-state index contributed by atoms with van der Waals surface area (Å²) in [5, 5.41) is 16.5. The Morgan fingerprint density at radius 1 is 1.62 bits per heavy atom. The van der Waals surface area contributed by atoms with Crippen molar-refractivity contribution in [3.05, 3.63) is 11.4 Å². The van der Waals surface area contributed by atoms with E-state index >= 15 is 0 Å². The Labute approximate surface area is 93.2 Å². The summed E-state index contributed by atoms with van der Waals surface area (Å²) in [4.78, 5) is 10.9. The molecular weight excluding hydrogens is 210 g/mol. The first-order valence-corrected chi connectivity index (χ1v) is 5.37. The number of aromatic nitrogens is 3. The number of aromatic carboxylic acids is 1. The monoisotopic (exact) mass is 225 g/mol. The van der Waals surface area contributed by atoms with Crippen LogP contribution in [0.4, 0.5) is 0 Å². The molecule has 1 N–H and O–H groups in total. The third kappa shape index (κ3) is 2.38. The molecule has 1 fully saturated rings. The quantitative estimate of drug-likeness (QED) is 0.779. The van der Waals surface area contributed by atoms with Crippen LogP contribution in [0.3, 0.4) is 0 Å². The van der Waals surface area contributed by atoms with Gasteiger partial charge in [0.25, 0.3) is 0 Å². The van der Waals surface area contributed by atoms with E-state index in [0.29, 0.717) is 5.69 Å². The van der Waals surface area contributed by atoms with E-state index in [-0.39, 0.29) is 12.3 Å². The molecule has 88 valence electrons. The number of aryl methyl sites for hydroxylation is 1. The van der Waals surface area contributed by atoms with Crippen LogP contribution in [0.2, 0.25) is 0 Å². The van der Waals surface area contributed by atoms with Crippen molar-refractivity contribution >= 4 is 5.97 Å². The van der Waals surface area contributed by atoms with Gasteiger partial charge in [-0.15, -0.1) is 5.10 Å². The van der Waals surface area contributed by atoms with E-state index in [1.54, 1.807) is 4.68 Å². The minimum absolute atomic E-state index is 0.00218. The minimum atomic E-state index is -1.05. The zero-order chi connectivity index (χ0) is 11.5. The maximum absolute atomic E-state index is 10.9. The molecule has 16 heavy (non-hydrogen) atoms. The van der Waals surface area contributed by atoms with Crippen LogP contribution in [0.5, 0.6) is 0 Å². The Morgan fingerprint density at radius 3 is 2.94 bits per heavy atom. The molecule has 1 aliphatic rings. The van der Waals surface area contributed by atoms with E-state index < -0.39 is 5.97 Å². The zero-order valence-electron chi connectivity index (χ0n) is 9.22. The average molecular weight is 225 g/mol. The molecule has 0 spiro atoms. The molecule has 1 heterocycles. The smallest absolute Gasteiger partial charge is 0.358 e. The largest absolute Gasteiger partial charge is 0.476 e. The molecule has 0 saturated heterocycles. The maximum atomic E-state index is 10.9. The predicted molar refractivity (Wildman–Crippen MR) is 55.0 cm³/mol. The summed E-state index contributed by atoms with van der Waals surface area (Å²) in [6.45, 7) is 0.961. The van der Waals surface area contributed by atoms with Gasteiger partial charge in [-0.2, -0.15) is 0 Å². The number of carbonyl (C=O) groups is 1. The molecular formula is C10H15N3O3. The van der Waals surface area contributed by atoms with Gasteiger partial charge in [-0.05, 0) is 12.3 Å². The first-order valence-electron chi connectivity index (χ1n) is 5.37. The van der Waals surface area contributed by atoms with Gasteiger partial charge in [0.1, 0.15) is 0 Å².